The summed E-state index contributed by atoms with van der Waals surface area (Å²) in [5.41, 5.74) is 0.380. The van der Waals surface area contributed by atoms with Crippen LogP contribution in [0.25, 0.3) is 0 Å². The second-order valence-corrected chi connectivity index (χ2v) is 8.11. The first-order chi connectivity index (χ1) is 11.5. The number of piperidine rings is 1. The zero-order valence-electron chi connectivity index (χ0n) is 14.3. The van der Waals surface area contributed by atoms with E-state index in [1.807, 2.05) is 4.90 Å². The number of hydrogen-bond donors (Lipinski definition) is 1. The van der Waals surface area contributed by atoms with Crippen LogP contribution in [0.3, 0.4) is 0 Å². The number of allylic oxidation sites excluding steroid dienone is 2. The molecule has 25 heavy (non-hydrogen) atoms. The average molecular weight is 389 g/mol. The van der Waals surface area contributed by atoms with Crippen molar-refractivity contribution < 1.29 is 13.2 Å². The number of nitrogens with one attached hydrogen (secondary N) is 1. The fourth-order valence-electron chi connectivity index (χ4n) is 3.24. The Morgan fingerprint density at radius 2 is 2.04 bits per heavy atom. The van der Waals surface area contributed by atoms with Crippen molar-refractivity contribution in [3.8, 4) is 0 Å². The van der Waals surface area contributed by atoms with Crippen molar-refractivity contribution in [3.05, 3.63) is 23.9 Å². The fourth-order valence-corrected chi connectivity index (χ4v) is 4.23. The van der Waals surface area contributed by atoms with Gasteiger partial charge in [-0.3, -0.25) is 4.79 Å². The van der Waals surface area contributed by atoms with E-state index < -0.39 is 10.0 Å². The van der Waals surface area contributed by atoms with E-state index in [2.05, 4.69) is 16.6 Å². The van der Waals surface area contributed by atoms with Crippen LogP contribution in [0.4, 0.5) is 0 Å². The molecule has 0 bridgehead atoms. The largest absolute Gasteiger partial charge is 0.339 e. The Kier molecular flexibility index (Phi) is 6.65. The Labute approximate surface area is 155 Å². The topological polar surface area (TPSA) is 82.1 Å². The number of amides is 1. The third kappa shape index (κ3) is 4.62. The Morgan fingerprint density at radius 3 is 2.72 bits per heavy atom. The maximum atomic E-state index is 12.8. The minimum absolute atomic E-state index is 0. The minimum Gasteiger partial charge on any atom is -0.339 e. The quantitative estimate of drug-likeness (QED) is 0.768. The molecular weight excluding hydrogens is 364 g/mol. The van der Waals surface area contributed by atoms with Gasteiger partial charge in [-0.2, -0.15) is 0 Å². The molecule has 0 aromatic carbocycles. The molecule has 0 spiro atoms. The van der Waals surface area contributed by atoms with E-state index in [1.54, 1.807) is 23.3 Å². The smallest absolute Gasteiger partial charge is 0.257 e. The number of likely N-dealkylation sites (tertiary alicyclic amines) is 1. The first-order valence-electron chi connectivity index (χ1n) is 8.48. The van der Waals surface area contributed by atoms with Crippen LogP contribution in [0.2, 0.25) is 0 Å². The monoisotopic (exact) mass is 388 g/mol. The molecule has 0 aliphatic carbocycles. The number of sulfonamides is 1. The van der Waals surface area contributed by atoms with Crippen LogP contribution >= 0.6 is 12.4 Å². The highest BCUT2D eigenvalue weighted by Gasteiger charge is 2.33. The molecule has 3 heterocycles. The van der Waals surface area contributed by atoms with E-state index in [0.29, 0.717) is 31.1 Å². The number of amidine groups is 1. The van der Waals surface area contributed by atoms with Crippen LogP contribution in [0.1, 0.15) is 19.8 Å². The molecule has 140 valence electrons. The van der Waals surface area contributed by atoms with Gasteiger partial charge in [0.2, 0.25) is 0 Å². The maximum Gasteiger partial charge on any atom is 0.257 e. The summed E-state index contributed by atoms with van der Waals surface area (Å²) in [6, 6.07) is 0. The molecule has 0 unspecified atom stereocenters. The van der Waals surface area contributed by atoms with Crippen molar-refractivity contribution >= 4 is 34.2 Å². The summed E-state index contributed by atoms with van der Waals surface area (Å²) in [4.78, 5) is 16.4. The summed E-state index contributed by atoms with van der Waals surface area (Å²) >= 11 is 0. The maximum absolute atomic E-state index is 12.8. The van der Waals surface area contributed by atoms with Crippen molar-refractivity contribution in [1.29, 1.82) is 0 Å². The van der Waals surface area contributed by atoms with Crippen molar-refractivity contribution in [2.45, 2.75) is 19.8 Å². The average Bonchev–Trinajstić information content (AvgIpc) is 2.58. The van der Waals surface area contributed by atoms with Crippen molar-refractivity contribution in [1.82, 2.24) is 15.1 Å². The summed E-state index contributed by atoms with van der Waals surface area (Å²) in [5.74, 6) is 0.724. The van der Waals surface area contributed by atoms with Crippen LogP contribution in [-0.2, 0) is 14.8 Å². The molecule has 1 saturated heterocycles. The summed E-state index contributed by atoms with van der Waals surface area (Å²) in [5, 5.41) is 3.36. The summed E-state index contributed by atoms with van der Waals surface area (Å²) in [6.07, 6.45) is 7.16. The predicted molar refractivity (Wildman–Crippen MR) is 100 cm³/mol. The molecule has 3 aliphatic heterocycles. The fraction of sp³-hybridized carbons (Fsp3) is 0.625. The van der Waals surface area contributed by atoms with Crippen LogP contribution in [0.15, 0.2) is 28.3 Å². The van der Waals surface area contributed by atoms with Crippen LogP contribution < -0.4 is 5.32 Å². The number of carbonyl (C=O) groups is 1. The second-order valence-electron chi connectivity index (χ2n) is 6.36. The molecule has 3 rings (SSSR count). The lowest BCUT2D eigenvalue weighted by atomic mass is 9.96. The Morgan fingerprint density at radius 1 is 1.32 bits per heavy atom. The normalized spacial score (nSPS) is 22.6. The minimum atomic E-state index is -3.48. The van der Waals surface area contributed by atoms with Gasteiger partial charge >= 0.3 is 0 Å². The van der Waals surface area contributed by atoms with Crippen LogP contribution in [-0.4, -0.2) is 68.4 Å². The highest BCUT2D eigenvalue weighted by atomic mass is 35.5. The number of fused-ring (bicyclic) bond motifs is 1. The number of nitrogens with zero attached hydrogens (tertiary/aromatic N) is 3. The number of rotatable bonds is 4. The van der Waals surface area contributed by atoms with Gasteiger partial charge in [0.15, 0.2) is 5.84 Å². The van der Waals surface area contributed by atoms with Gasteiger partial charge in [-0.05, 0) is 44.0 Å². The van der Waals surface area contributed by atoms with E-state index in [9.17, 15) is 13.2 Å². The molecule has 7 nitrogen and oxygen atoms in total. The molecular formula is C16H25ClN4O3S. The molecule has 0 aromatic rings. The number of halogens is 1. The third-order valence-electron chi connectivity index (χ3n) is 4.67. The SMILES string of the molecule is CCNCC1CCN(C(=O)C2=CC=CN3CCS(=O)(=O)N=C23)CC1.Cl. The Balaban J connectivity index is 0.00000225. The molecule has 0 atom stereocenters. The zero-order chi connectivity index (χ0) is 17.2. The molecule has 0 saturated carbocycles. The summed E-state index contributed by atoms with van der Waals surface area (Å²) in [6.45, 7) is 5.79. The third-order valence-corrected chi connectivity index (χ3v) is 5.82. The molecule has 1 fully saturated rings. The van der Waals surface area contributed by atoms with Gasteiger partial charge < -0.3 is 15.1 Å². The number of hydrogen-bond acceptors (Lipinski definition) is 5. The lowest BCUT2D eigenvalue weighted by Gasteiger charge is -2.35. The summed E-state index contributed by atoms with van der Waals surface area (Å²) < 4.78 is 27.4. The highest BCUT2D eigenvalue weighted by molar-refractivity contribution is 7.90. The second kappa shape index (κ2) is 8.33. The highest BCUT2D eigenvalue weighted by Crippen LogP contribution is 2.22. The van der Waals surface area contributed by atoms with Gasteiger partial charge in [-0.15, -0.1) is 16.8 Å². The molecule has 9 heteroatoms. The van der Waals surface area contributed by atoms with Crippen molar-refractivity contribution in [3.63, 3.8) is 0 Å². The lowest BCUT2D eigenvalue weighted by molar-refractivity contribution is -0.128. The molecule has 0 radical (unpaired) electrons. The van der Waals surface area contributed by atoms with E-state index in [0.717, 1.165) is 25.9 Å². The van der Waals surface area contributed by atoms with Crippen molar-refractivity contribution in [2.75, 3.05) is 38.5 Å². The van der Waals surface area contributed by atoms with Gasteiger partial charge in [-0.1, -0.05) is 6.92 Å². The lowest BCUT2D eigenvalue weighted by Crippen LogP contribution is -2.46. The van der Waals surface area contributed by atoms with Gasteiger partial charge in [0.05, 0.1) is 11.3 Å². The first kappa shape index (κ1) is 19.9. The van der Waals surface area contributed by atoms with E-state index in [4.69, 9.17) is 0 Å². The first-order valence-corrected chi connectivity index (χ1v) is 10.1. The number of carbonyl (C=O) groups excluding carboxylic acids is 1. The molecule has 3 aliphatic rings. The Hall–Kier alpha value is -1.38. The molecule has 1 N–H and O–H groups in total. The molecule has 0 aromatic heterocycles. The Bertz CT molecular complexity index is 694. The summed E-state index contributed by atoms with van der Waals surface area (Å²) in [7, 11) is -3.48. The van der Waals surface area contributed by atoms with E-state index in [-0.39, 0.29) is 29.9 Å². The zero-order valence-corrected chi connectivity index (χ0v) is 16.0. The van der Waals surface area contributed by atoms with E-state index >= 15 is 0 Å². The van der Waals surface area contributed by atoms with E-state index in [1.165, 1.54) is 0 Å². The van der Waals surface area contributed by atoms with Gasteiger partial charge in [0.25, 0.3) is 15.9 Å². The van der Waals surface area contributed by atoms with Crippen molar-refractivity contribution in [2.24, 2.45) is 10.3 Å². The predicted octanol–water partition coefficient (Wildman–Crippen LogP) is 0.754. The van der Waals surface area contributed by atoms with Crippen LogP contribution in [0.5, 0.6) is 0 Å². The van der Waals surface area contributed by atoms with Gasteiger partial charge in [0, 0.05) is 25.8 Å². The van der Waals surface area contributed by atoms with Gasteiger partial charge in [0.1, 0.15) is 0 Å². The van der Waals surface area contributed by atoms with Crippen LogP contribution in [0, 0.1) is 5.92 Å². The van der Waals surface area contributed by atoms with Gasteiger partial charge in [-0.25, -0.2) is 8.42 Å². The molecule has 1 amide bonds. The standard InChI is InChI=1S/C16H24N4O3S.ClH/c1-2-17-12-13-5-8-20(9-6-13)16(21)14-4-3-7-19-10-11-24(22,23)18-15(14)19;/h3-4,7,13,17H,2,5-6,8-12H2,1H3;1H.